The Kier molecular flexibility index (Phi) is 10.9. The first-order valence-corrected chi connectivity index (χ1v) is 11.4. The summed E-state index contributed by atoms with van der Waals surface area (Å²) in [6.45, 7) is 10.4. The minimum Gasteiger partial charge on any atom is -0.458 e. The monoisotopic (exact) mass is 516 g/mol. The van der Waals surface area contributed by atoms with E-state index in [2.05, 4.69) is 37.7 Å². The number of esters is 2. The van der Waals surface area contributed by atoms with Gasteiger partial charge in [0.2, 0.25) is 5.91 Å². The molecule has 1 saturated heterocycles. The molecule has 1 heterocycles. The van der Waals surface area contributed by atoms with Gasteiger partial charge in [-0.3, -0.25) is 14.5 Å². The van der Waals surface area contributed by atoms with Crippen molar-refractivity contribution >= 4 is 47.4 Å². The van der Waals surface area contributed by atoms with Gasteiger partial charge in [0.1, 0.15) is 25.9 Å². The maximum atomic E-state index is 13.2. The molecular formula is C25H28N2O8S. The highest BCUT2D eigenvalue weighted by molar-refractivity contribution is 7.96. The van der Waals surface area contributed by atoms with E-state index < -0.39 is 30.0 Å². The number of nitrogens with zero attached hydrogens (tertiary/aromatic N) is 1. The molecule has 0 aliphatic carbocycles. The van der Waals surface area contributed by atoms with E-state index in [0.29, 0.717) is 0 Å². The molecule has 0 saturated carbocycles. The zero-order valence-electron chi connectivity index (χ0n) is 19.6. The van der Waals surface area contributed by atoms with Gasteiger partial charge in [-0.05, 0) is 30.5 Å². The third-order valence-electron chi connectivity index (χ3n) is 5.11. The second kappa shape index (κ2) is 13.9. The molecule has 0 bridgehead atoms. The van der Waals surface area contributed by atoms with Gasteiger partial charge in [-0.15, -0.1) is 12.6 Å². The minimum atomic E-state index is -0.978. The molecule has 36 heavy (non-hydrogen) atoms. The fourth-order valence-electron chi connectivity index (χ4n) is 3.58. The van der Waals surface area contributed by atoms with E-state index >= 15 is 0 Å². The lowest BCUT2D eigenvalue weighted by Crippen LogP contribution is -2.43. The number of rotatable bonds is 12. The molecule has 1 fully saturated rings. The average molecular weight is 517 g/mol. The minimum absolute atomic E-state index is 0.0248. The molecule has 192 valence electrons. The highest BCUT2D eigenvalue weighted by Gasteiger charge is 2.41. The van der Waals surface area contributed by atoms with Crippen molar-refractivity contribution in [1.82, 2.24) is 4.90 Å². The van der Waals surface area contributed by atoms with Gasteiger partial charge in [0.25, 0.3) is 0 Å². The van der Waals surface area contributed by atoms with Crippen LogP contribution in [-0.4, -0.2) is 66.4 Å². The van der Waals surface area contributed by atoms with Crippen molar-refractivity contribution in [2.24, 2.45) is 5.92 Å². The van der Waals surface area contributed by atoms with Crippen LogP contribution in [0.2, 0.25) is 0 Å². The van der Waals surface area contributed by atoms with Crippen molar-refractivity contribution in [2.45, 2.75) is 18.9 Å². The average Bonchev–Trinajstić information content (AvgIpc) is 3.27. The number of ether oxygens (including phenoxy) is 3. The van der Waals surface area contributed by atoms with Gasteiger partial charge in [0.05, 0.1) is 16.8 Å². The molecule has 1 aliphatic heterocycles. The molecule has 10 nitrogen and oxygen atoms in total. The summed E-state index contributed by atoms with van der Waals surface area (Å²) in [4.78, 5) is 63.4. The van der Waals surface area contributed by atoms with Crippen LogP contribution in [0, 0.1) is 5.92 Å². The Bertz CT molecular complexity index is 1050. The summed E-state index contributed by atoms with van der Waals surface area (Å²) < 4.78 is 15.2. The van der Waals surface area contributed by atoms with Crippen molar-refractivity contribution in [1.29, 1.82) is 0 Å². The van der Waals surface area contributed by atoms with Gasteiger partial charge in [0.15, 0.2) is 5.12 Å². The van der Waals surface area contributed by atoms with Crippen LogP contribution in [0.4, 0.5) is 10.5 Å². The van der Waals surface area contributed by atoms with Gasteiger partial charge in [-0.2, -0.15) is 0 Å². The summed E-state index contributed by atoms with van der Waals surface area (Å²) in [6, 6.07) is 2.99. The number of anilines is 1. The van der Waals surface area contributed by atoms with E-state index in [1.54, 1.807) is 0 Å². The summed E-state index contributed by atoms with van der Waals surface area (Å²) in [6.07, 6.45) is 3.67. The number of carbonyl (C=O) groups excluding carboxylic acids is 5. The van der Waals surface area contributed by atoms with Crippen LogP contribution in [0.25, 0.3) is 0 Å². The van der Waals surface area contributed by atoms with E-state index in [9.17, 15) is 24.0 Å². The van der Waals surface area contributed by atoms with Crippen LogP contribution in [0.5, 0.6) is 0 Å². The lowest BCUT2D eigenvalue weighted by Gasteiger charge is -2.23. The van der Waals surface area contributed by atoms with Crippen LogP contribution in [0.1, 0.15) is 33.6 Å². The Hall–Kier alpha value is -3.86. The van der Waals surface area contributed by atoms with Crippen molar-refractivity contribution < 1.29 is 38.2 Å². The number of thiol groups is 1. The quantitative estimate of drug-likeness (QED) is 0.188. The van der Waals surface area contributed by atoms with Crippen molar-refractivity contribution in [3.8, 4) is 0 Å². The molecule has 2 atom stereocenters. The highest BCUT2D eigenvalue weighted by Crippen LogP contribution is 2.29. The summed E-state index contributed by atoms with van der Waals surface area (Å²) in [5.74, 6) is -2.42. The smallest absolute Gasteiger partial charge is 0.410 e. The molecule has 0 aromatic heterocycles. The number of hydrogen-bond acceptors (Lipinski definition) is 8. The normalized spacial score (nSPS) is 16.4. The molecule has 0 radical (unpaired) electrons. The molecule has 1 aromatic rings. The zero-order valence-corrected chi connectivity index (χ0v) is 20.5. The molecule has 2 rings (SSSR count). The molecule has 1 N–H and O–H groups in total. The van der Waals surface area contributed by atoms with Gasteiger partial charge >= 0.3 is 18.0 Å². The van der Waals surface area contributed by atoms with Crippen LogP contribution in [0.15, 0.2) is 56.2 Å². The number of amides is 2. The second-order valence-corrected chi connectivity index (χ2v) is 8.26. The van der Waals surface area contributed by atoms with Crippen molar-refractivity contribution in [2.75, 3.05) is 31.7 Å². The first kappa shape index (κ1) is 28.4. The van der Waals surface area contributed by atoms with Crippen LogP contribution in [-0.2, 0) is 23.8 Å². The predicted molar refractivity (Wildman–Crippen MR) is 135 cm³/mol. The lowest BCUT2D eigenvalue weighted by molar-refractivity contribution is -0.120. The standard InChI is InChI=1S/C25H28N2O8S/c1-4-9-33-23(30)17-7-8-19(18(14-17)24(31)34-10-5-2)26-22(29)20-12-16(13-21(28)36)15-27(20)25(32)35-11-6-3/h4-8,14,16,20H,1-3,9-13,15H2,(H,26,29)(H,28,36)/t16-,20-/m0/s1. The van der Waals surface area contributed by atoms with E-state index in [4.69, 9.17) is 14.2 Å². The summed E-state index contributed by atoms with van der Waals surface area (Å²) in [5, 5.41) is 2.26. The predicted octanol–water partition coefficient (Wildman–Crippen LogP) is 3.17. The van der Waals surface area contributed by atoms with Crippen molar-refractivity contribution in [3.63, 3.8) is 0 Å². The number of carbonyl (C=O) groups is 5. The number of hydrogen-bond donors (Lipinski definition) is 2. The van der Waals surface area contributed by atoms with E-state index in [0.717, 1.165) is 0 Å². The Balaban J connectivity index is 2.33. The van der Waals surface area contributed by atoms with Gasteiger partial charge in [0, 0.05) is 13.0 Å². The molecule has 11 heteroatoms. The van der Waals surface area contributed by atoms with E-state index in [1.807, 2.05) is 0 Å². The summed E-state index contributed by atoms with van der Waals surface area (Å²) in [5.41, 5.74) is 0.0184. The molecule has 1 aliphatic rings. The van der Waals surface area contributed by atoms with Gasteiger partial charge in [-0.1, -0.05) is 38.0 Å². The first-order valence-electron chi connectivity index (χ1n) is 11.0. The molecule has 1 aromatic carbocycles. The highest BCUT2D eigenvalue weighted by atomic mass is 32.1. The SMILES string of the molecule is C=CCOC(=O)c1ccc(NC(=O)[C@@H]2C[C@@H](CC(=O)S)CN2C(=O)OCC=C)c(C(=O)OCC=C)c1. The summed E-state index contributed by atoms with van der Waals surface area (Å²) >= 11 is 3.79. The maximum absolute atomic E-state index is 13.2. The third-order valence-corrected chi connectivity index (χ3v) is 5.29. The maximum Gasteiger partial charge on any atom is 0.410 e. The third kappa shape index (κ3) is 7.84. The Labute approximate surface area is 214 Å². The van der Waals surface area contributed by atoms with Crippen LogP contribution < -0.4 is 5.32 Å². The fourth-order valence-corrected chi connectivity index (χ4v) is 3.83. The second-order valence-electron chi connectivity index (χ2n) is 7.76. The van der Waals surface area contributed by atoms with Crippen LogP contribution in [0.3, 0.4) is 0 Å². The van der Waals surface area contributed by atoms with E-state index in [1.165, 1.54) is 41.3 Å². The van der Waals surface area contributed by atoms with Crippen molar-refractivity contribution in [3.05, 3.63) is 67.3 Å². The summed E-state index contributed by atoms with van der Waals surface area (Å²) in [7, 11) is 0. The Morgan fingerprint density at radius 1 is 0.972 bits per heavy atom. The first-order chi connectivity index (χ1) is 17.2. The van der Waals surface area contributed by atoms with E-state index in [-0.39, 0.29) is 67.1 Å². The topological polar surface area (TPSA) is 128 Å². The number of nitrogens with one attached hydrogen (secondary N) is 1. The van der Waals surface area contributed by atoms with Gasteiger partial charge < -0.3 is 19.5 Å². The molecular weight excluding hydrogens is 488 g/mol. The lowest BCUT2D eigenvalue weighted by atomic mass is 10.0. The number of benzene rings is 1. The molecule has 0 unspecified atom stereocenters. The fraction of sp³-hybridized carbons (Fsp3) is 0.320. The largest absolute Gasteiger partial charge is 0.458 e. The Morgan fingerprint density at radius 3 is 2.19 bits per heavy atom. The van der Waals surface area contributed by atoms with Gasteiger partial charge in [-0.25, -0.2) is 14.4 Å². The molecule has 2 amide bonds. The zero-order chi connectivity index (χ0) is 26.7. The number of likely N-dealkylation sites (tertiary alicyclic amines) is 1. The van der Waals surface area contributed by atoms with Crippen LogP contribution >= 0.6 is 12.6 Å². The molecule has 0 spiro atoms. The Morgan fingerprint density at radius 2 is 1.58 bits per heavy atom.